The summed E-state index contributed by atoms with van der Waals surface area (Å²) in [5.41, 5.74) is 6.30. The molecule has 7 heteroatoms. The predicted molar refractivity (Wildman–Crippen MR) is 109 cm³/mol. The highest BCUT2D eigenvalue weighted by atomic mass is 35.5. The van der Waals surface area contributed by atoms with Crippen LogP contribution in [0.5, 0.6) is 0 Å². The van der Waals surface area contributed by atoms with Crippen molar-refractivity contribution in [2.45, 2.75) is 20.3 Å². The van der Waals surface area contributed by atoms with Gasteiger partial charge in [-0.2, -0.15) is 5.10 Å². The Kier molecular flexibility index (Phi) is 5.82. The molecule has 3 rings (SSSR count). The number of halogens is 2. The number of amides is 2. The average Bonchev–Trinajstić information content (AvgIpc) is 3.02. The first kappa shape index (κ1) is 19.4. The quantitative estimate of drug-likeness (QED) is 0.616. The molecule has 1 fully saturated rings. The monoisotopic (exact) mass is 403 g/mol. The van der Waals surface area contributed by atoms with E-state index in [-0.39, 0.29) is 18.2 Å². The highest BCUT2D eigenvalue weighted by molar-refractivity contribution is 6.42. The molecule has 0 aromatic heterocycles. The maximum Gasteiger partial charge on any atom is 0.245 e. The number of hydrogen-bond donors (Lipinski definition) is 1. The van der Waals surface area contributed by atoms with E-state index < -0.39 is 5.92 Å². The average molecular weight is 404 g/mol. The molecule has 1 aliphatic rings. The van der Waals surface area contributed by atoms with Crippen molar-refractivity contribution in [2.75, 3.05) is 11.4 Å². The van der Waals surface area contributed by atoms with E-state index in [2.05, 4.69) is 10.5 Å². The second-order valence-electron chi connectivity index (χ2n) is 6.58. The highest BCUT2D eigenvalue weighted by Crippen LogP contribution is 2.27. The molecule has 1 aliphatic heterocycles. The molecular formula is C20H19Cl2N3O2. The summed E-state index contributed by atoms with van der Waals surface area (Å²) >= 11 is 11.8. The number of hydrogen-bond acceptors (Lipinski definition) is 3. The van der Waals surface area contributed by atoms with Crippen LogP contribution in [0.4, 0.5) is 5.69 Å². The lowest BCUT2D eigenvalue weighted by Gasteiger charge is -2.17. The predicted octanol–water partition coefficient (Wildman–Crippen LogP) is 4.11. The Morgan fingerprint density at radius 3 is 2.63 bits per heavy atom. The maximum atomic E-state index is 12.3. The number of carbonyl (C=O) groups excluding carboxylic acids is 2. The van der Waals surface area contributed by atoms with Crippen molar-refractivity contribution in [1.82, 2.24) is 5.43 Å². The van der Waals surface area contributed by atoms with E-state index in [0.29, 0.717) is 22.2 Å². The van der Waals surface area contributed by atoms with Crippen molar-refractivity contribution in [1.29, 1.82) is 0 Å². The van der Waals surface area contributed by atoms with Crippen molar-refractivity contribution in [2.24, 2.45) is 11.0 Å². The van der Waals surface area contributed by atoms with Crippen LogP contribution in [0.3, 0.4) is 0 Å². The van der Waals surface area contributed by atoms with Crippen molar-refractivity contribution < 1.29 is 9.59 Å². The number of aryl methyl sites for hydroxylation is 2. The van der Waals surface area contributed by atoms with Gasteiger partial charge in [-0.25, -0.2) is 5.43 Å². The van der Waals surface area contributed by atoms with Gasteiger partial charge in [-0.3, -0.25) is 9.59 Å². The van der Waals surface area contributed by atoms with E-state index in [1.807, 2.05) is 32.0 Å². The number of anilines is 1. The minimum Gasteiger partial charge on any atom is -0.312 e. The number of rotatable bonds is 4. The molecule has 0 bridgehead atoms. The Labute approximate surface area is 168 Å². The first-order valence-electron chi connectivity index (χ1n) is 8.50. The third-order valence-electron chi connectivity index (χ3n) is 4.63. The van der Waals surface area contributed by atoms with Gasteiger partial charge < -0.3 is 4.90 Å². The van der Waals surface area contributed by atoms with E-state index >= 15 is 0 Å². The van der Waals surface area contributed by atoms with Gasteiger partial charge in [0.1, 0.15) is 0 Å². The van der Waals surface area contributed by atoms with Crippen molar-refractivity contribution in [3.05, 3.63) is 63.1 Å². The zero-order valence-corrected chi connectivity index (χ0v) is 16.5. The first-order valence-corrected chi connectivity index (χ1v) is 9.26. The third kappa shape index (κ3) is 4.49. The molecule has 5 nitrogen and oxygen atoms in total. The lowest BCUT2D eigenvalue weighted by molar-refractivity contribution is -0.126. The Balaban J connectivity index is 1.62. The van der Waals surface area contributed by atoms with Crippen LogP contribution in [0.1, 0.15) is 23.1 Å². The normalized spacial score (nSPS) is 17.0. The van der Waals surface area contributed by atoms with Gasteiger partial charge in [0, 0.05) is 18.7 Å². The minimum atomic E-state index is -0.440. The van der Waals surface area contributed by atoms with E-state index in [0.717, 1.165) is 16.8 Å². The molecule has 1 heterocycles. The van der Waals surface area contributed by atoms with Gasteiger partial charge >= 0.3 is 0 Å². The lowest BCUT2D eigenvalue weighted by Crippen LogP contribution is -2.30. The third-order valence-corrected chi connectivity index (χ3v) is 5.37. The molecule has 27 heavy (non-hydrogen) atoms. The van der Waals surface area contributed by atoms with Gasteiger partial charge in [-0.05, 0) is 54.8 Å². The Hall–Kier alpha value is -2.37. The summed E-state index contributed by atoms with van der Waals surface area (Å²) in [6, 6.07) is 10.9. The highest BCUT2D eigenvalue weighted by Gasteiger charge is 2.35. The molecule has 0 radical (unpaired) electrons. The molecule has 140 valence electrons. The van der Waals surface area contributed by atoms with Gasteiger partial charge in [-0.15, -0.1) is 0 Å². The van der Waals surface area contributed by atoms with Crippen LogP contribution >= 0.6 is 23.2 Å². The fourth-order valence-corrected chi connectivity index (χ4v) is 3.19. The topological polar surface area (TPSA) is 61.8 Å². The summed E-state index contributed by atoms with van der Waals surface area (Å²) in [7, 11) is 0. The number of hydrazone groups is 1. The Morgan fingerprint density at radius 1 is 1.15 bits per heavy atom. The lowest BCUT2D eigenvalue weighted by atomic mass is 10.1. The number of carbonyl (C=O) groups is 2. The SMILES string of the molecule is Cc1ccc(N2C[C@@H](C(=O)N/N=C\c3ccc(Cl)c(Cl)c3)CC2=O)cc1C. The molecule has 1 N–H and O–H groups in total. The van der Waals surface area contributed by atoms with Gasteiger partial charge in [0.25, 0.3) is 0 Å². The van der Waals surface area contributed by atoms with Gasteiger partial charge in [0.05, 0.1) is 22.2 Å². The Morgan fingerprint density at radius 2 is 1.93 bits per heavy atom. The van der Waals surface area contributed by atoms with Crippen LogP contribution < -0.4 is 10.3 Å². The maximum absolute atomic E-state index is 12.3. The molecule has 2 amide bonds. The summed E-state index contributed by atoms with van der Waals surface area (Å²) in [6.07, 6.45) is 1.65. The molecule has 0 aliphatic carbocycles. The van der Waals surface area contributed by atoms with Crippen LogP contribution in [0.2, 0.25) is 10.0 Å². The van der Waals surface area contributed by atoms with E-state index in [4.69, 9.17) is 23.2 Å². The molecule has 2 aromatic carbocycles. The molecule has 2 aromatic rings. The van der Waals surface area contributed by atoms with Gasteiger partial charge in [0.2, 0.25) is 11.8 Å². The largest absolute Gasteiger partial charge is 0.312 e. The van der Waals surface area contributed by atoms with Crippen LogP contribution in [0.15, 0.2) is 41.5 Å². The number of nitrogens with one attached hydrogen (secondary N) is 1. The summed E-state index contributed by atoms with van der Waals surface area (Å²) in [5, 5.41) is 4.82. The van der Waals surface area contributed by atoms with Gasteiger partial charge in [-0.1, -0.05) is 35.3 Å². The Bertz CT molecular complexity index is 927. The first-order chi connectivity index (χ1) is 12.8. The standard InChI is InChI=1S/C20H19Cl2N3O2/c1-12-3-5-16(7-13(12)2)25-11-15(9-19(25)26)20(27)24-23-10-14-4-6-17(21)18(22)8-14/h3-8,10,15H,9,11H2,1-2H3,(H,24,27)/b23-10-/t15-/m0/s1. The molecular weight excluding hydrogens is 385 g/mol. The second kappa shape index (κ2) is 8.11. The zero-order chi connectivity index (χ0) is 19.6. The van der Waals surface area contributed by atoms with Crippen LogP contribution in [-0.4, -0.2) is 24.6 Å². The number of nitrogens with zero attached hydrogens (tertiary/aromatic N) is 2. The van der Waals surface area contributed by atoms with E-state index in [1.165, 1.54) is 6.21 Å². The molecule has 1 saturated heterocycles. The summed E-state index contributed by atoms with van der Waals surface area (Å²) in [5.74, 6) is -0.789. The molecule has 1 atom stereocenters. The van der Waals surface area contributed by atoms with Crippen LogP contribution in [0.25, 0.3) is 0 Å². The smallest absolute Gasteiger partial charge is 0.245 e. The van der Waals surface area contributed by atoms with Crippen molar-refractivity contribution in [3.8, 4) is 0 Å². The van der Waals surface area contributed by atoms with Crippen molar-refractivity contribution >= 4 is 46.9 Å². The second-order valence-corrected chi connectivity index (χ2v) is 7.40. The number of benzene rings is 2. The molecule has 0 unspecified atom stereocenters. The fraction of sp³-hybridized carbons (Fsp3) is 0.250. The molecule has 0 spiro atoms. The molecule has 0 saturated carbocycles. The minimum absolute atomic E-state index is 0.0631. The van der Waals surface area contributed by atoms with Crippen LogP contribution in [0, 0.1) is 19.8 Å². The van der Waals surface area contributed by atoms with E-state index in [9.17, 15) is 9.59 Å². The fourth-order valence-electron chi connectivity index (χ4n) is 2.88. The van der Waals surface area contributed by atoms with Crippen LogP contribution in [-0.2, 0) is 9.59 Å². The van der Waals surface area contributed by atoms with Crippen molar-refractivity contribution in [3.63, 3.8) is 0 Å². The summed E-state index contributed by atoms with van der Waals surface area (Å²) in [4.78, 5) is 26.3. The zero-order valence-electron chi connectivity index (χ0n) is 15.0. The summed E-state index contributed by atoms with van der Waals surface area (Å²) in [6.45, 7) is 4.36. The summed E-state index contributed by atoms with van der Waals surface area (Å²) < 4.78 is 0. The van der Waals surface area contributed by atoms with Gasteiger partial charge in [0.15, 0.2) is 0 Å². The van der Waals surface area contributed by atoms with E-state index in [1.54, 1.807) is 23.1 Å².